The Morgan fingerprint density at radius 2 is 1.86 bits per heavy atom. The number of aryl methyl sites for hydroxylation is 1. The highest BCUT2D eigenvalue weighted by molar-refractivity contribution is 7.99. The van der Waals surface area contributed by atoms with E-state index < -0.39 is 0 Å². The van der Waals surface area contributed by atoms with Gasteiger partial charge >= 0.3 is 0 Å². The molecule has 6 heteroatoms. The number of thioether (sulfide) groups is 1. The Morgan fingerprint density at radius 1 is 1.23 bits per heavy atom. The van der Waals surface area contributed by atoms with E-state index >= 15 is 0 Å². The van der Waals surface area contributed by atoms with Crippen LogP contribution in [-0.4, -0.2) is 15.0 Å². The highest BCUT2D eigenvalue weighted by Crippen LogP contribution is 2.26. The number of nitrogens with zero attached hydrogens (tertiary/aromatic N) is 2. The van der Waals surface area contributed by atoms with Crippen molar-refractivity contribution >= 4 is 29.1 Å². The molecule has 0 amide bonds. The van der Waals surface area contributed by atoms with Gasteiger partial charge in [-0.1, -0.05) is 37.6 Å². The van der Waals surface area contributed by atoms with Gasteiger partial charge in [0.25, 0.3) is 5.56 Å². The van der Waals surface area contributed by atoms with Gasteiger partial charge in [-0.2, -0.15) is 5.10 Å². The van der Waals surface area contributed by atoms with E-state index in [9.17, 15) is 4.79 Å². The summed E-state index contributed by atoms with van der Waals surface area (Å²) in [6, 6.07) is 8.43. The monoisotopic (exact) mass is 337 g/mol. The Bertz CT molecular complexity index is 698. The summed E-state index contributed by atoms with van der Waals surface area (Å²) in [6.45, 7) is 6.37. The zero-order valence-corrected chi connectivity index (χ0v) is 14.7. The fourth-order valence-corrected chi connectivity index (χ4v) is 3.10. The van der Waals surface area contributed by atoms with E-state index in [4.69, 9.17) is 11.6 Å². The maximum absolute atomic E-state index is 11.8. The van der Waals surface area contributed by atoms with Crippen LogP contribution in [0.1, 0.15) is 32.4 Å². The molecule has 1 unspecified atom stereocenters. The van der Waals surface area contributed by atoms with Crippen LogP contribution in [0.15, 0.2) is 40.2 Å². The number of benzene rings is 1. The maximum Gasteiger partial charge on any atom is 0.287 e. The molecule has 4 nitrogen and oxygen atoms in total. The van der Waals surface area contributed by atoms with Crippen LogP contribution in [0.2, 0.25) is 5.02 Å². The van der Waals surface area contributed by atoms with Crippen LogP contribution in [0.4, 0.5) is 5.69 Å². The summed E-state index contributed by atoms with van der Waals surface area (Å²) in [4.78, 5) is 13.0. The lowest BCUT2D eigenvalue weighted by Gasteiger charge is -2.17. The van der Waals surface area contributed by atoms with E-state index in [0.29, 0.717) is 10.9 Å². The third-order valence-electron chi connectivity index (χ3n) is 3.20. The number of hydrogen-bond acceptors (Lipinski definition) is 4. The summed E-state index contributed by atoms with van der Waals surface area (Å²) >= 11 is 7.91. The molecule has 0 bridgehead atoms. The second-order valence-corrected chi connectivity index (χ2v) is 7.43. The first-order valence-corrected chi connectivity index (χ1v) is 8.39. The Labute approximate surface area is 139 Å². The third kappa shape index (κ3) is 4.05. The van der Waals surface area contributed by atoms with Gasteiger partial charge < -0.3 is 5.32 Å². The molecule has 0 saturated carbocycles. The van der Waals surface area contributed by atoms with Crippen LogP contribution in [0.5, 0.6) is 0 Å². The van der Waals surface area contributed by atoms with Crippen molar-refractivity contribution in [3.05, 3.63) is 51.4 Å². The fraction of sp³-hybridized carbons (Fsp3) is 0.375. The molecule has 0 aliphatic heterocycles. The lowest BCUT2D eigenvalue weighted by atomic mass is 10.1. The normalized spacial score (nSPS) is 12.5. The third-order valence-corrected chi connectivity index (χ3v) is 4.58. The van der Waals surface area contributed by atoms with Gasteiger partial charge in [-0.15, -0.1) is 11.8 Å². The molecule has 22 heavy (non-hydrogen) atoms. The lowest BCUT2D eigenvalue weighted by Crippen LogP contribution is -2.21. The predicted octanol–water partition coefficient (Wildman–Crippen LogP) is 4.11. The van der Waals surface area contributed by atoms with Crippen LogP contribution in [0, 0.1) is 0 Å². The van der Waals surface area contributed by atoms with Gasteiger partial charge in [-0.05, 0) is 24.6 Å². The molecule has 1 aromatic carbocycles. The van der Waals surface area contributed by atoms with Crippen molar-refractivity contribution < 1.29 is 0 Å². The number of nitrogens with one attached hydrogen (secondary N) is 1. The standard InChI is InChI=1S/C16H20ClN3OS/c1-10(2)22-13-7-5-12(6-8-13)11(3)19-14-9-18-20(4)16(21)15(14)17/h5-11,19H,1-4H3. The Kier molecular flexibility index (Phi) is 5.53. The van der Waals surface area contributed by atoms with Crippen LogP contribution in [-0.2, 0) is 7.05 Å². The van der Waals surface area contributed by atoms with E-state index in [-0.39, 0.29) is 16.6 Å². The quantitative estimate of drug-likeness (QED) is 0.834. The van der Waals surface area contributed by atoms with Crippen LogP contribution < -0.4 is 10.9 Å². The average molecular weight is 338 g/mol. The highest BCUT2D eigenvalue weighted by Gasteiger charge is 2.11. The number of aromatic nitrogens is 2. The van der Waals surface area contributed by atoms with Crippen molar-refractivity contribution in [3.63, 3.8) is 0 Å². The second kappa shape index (κ2) is 7.20. The minimum atomic E-state index is -0.303. The molecule has 118 valence electrons. The minimum absolute atomic E-state index is 0.0320. The van der Waals surface area contributed by atoms with Crippen LogP contribution in [0.3, 0.4) is 0 Å². The summed E-state index contributed by atoms with van der Waals surface area (Å²) < 4.78 is 1.22. The van der Waals surface area contributed by atoms with E-state index in [1.54, 1.807) is 13.2 Å². The van der Waals surface area contributed by atoms with Gasteiger partial charge in [0, 0.05) is 23.2 Å². The molecule has 0 saturated heterocycles. The van der Waals surface area contributed by atoms with Crippen molar-refractivity contribution in [1.82, 2.24) is 9.78 Å². The molecule has 2 rings (SSSR count). The molecule has 0 spiro atoms. The van der Waals surface area contributed by atoms with Crippen molar-refractivity contribution in [2.45, 2.75) is 37.0 Å². The van der Waals surface area contributed by atoms with E-state index in [0.717, 1.165) is 5.56 Å². The Balaban J connectivity index is 2.14. The van der Waals surface area contributed by atoms with Crippen molar-refractivity contribution in [1.29, 1.82) is 0 Å². The summed E-state index contributed by atoms with van der Waals surface area (Å²) in [5.41, 5.74) is 1.38. The van der Waals surface area contributed by atoms with Gasteiger partial charge in [0.15, 0.2) is 0 Å². The zero-order valence-electron chi connectivity index (χ0n) is 13.1. The van der Waals surface area contributed by atoms with Gasteiger partial charge in [-0.25, -0.2) is 4.68 Å². The first-order valence-electron chi connectivity index (χ1n) is 7.13. The molecule has 2 aromatic rings. The molecule has 0 fully saturated rings. The Hall–Kier alpha value is -1.46. The molecule has 0 aliphatic carbocycles. The summed E-state index contributed by atoms with van der Waals surface area (Å²) in [5.74, 6) is 0. The van der Waals surface area contributed by atoms with E-state index in [1.807, 2.05) is 18.7 Å². The molecule has 1 heterocycles. The zero-order chi connectivity index (χ0) is 16.3. The summed E-state index contributed by atoms with van der Waals surface area (Å²) in [5, 5.41) is 7.95. The molecule has 0 aliphatic rings. The smallest absolute Gasteiger partial charge is 0.287 e. The average Bonchev–Trinajstić information content (AvgIpc) is 2.48. The SMILES string of the molecule is CC(C)Sc1ccc(C(C)Nc2cnn(C)c(=O)c2Cl)cc1. The molecule has 1 aromatic heterocycles. The van der Waals surface area contributed by atoms with Crippen molar-refractivity contribution in [3.8, 4) is 0 Å². The predicted molar refractivity (Wildman–Crippen MR) is 94.0 cm³/mol. The molecular weight excluding hydrogens is 318 g/mol. The maximum atomic E-state index is 11.8. The van der Waals surface area contributed by atoms with E-state index in [1.165, 1.54) is 9.58 Å². The number of anilines is 1. The van der Waals surface area contributed by atoms with Crippen LogP contribution >= 0.6 is 23.4 Å². The highest BCUT2D eigenvalue weighted by atomic mass is 35.5. The number of rotatable bonds is 5. The Morgan fingerprint density at radius 3 is 2.45 bits per heavy atom. The van der Waals surface area contributed by atoms with Gasteiger partial charge in [0.2, 0.25) is 0 Å². The number of halogens is 1. The van der Waals surface area contributed by atoms with Gasteiger partial charge in [0.05, 0.1) is 11.9 Å². The number of hydrogen-bond donors (Lipinski definition) is 1. The minimum Gasteiger partial charge on any atom is -0.376 e. The second-order valence-electron chi connectivity index (χ2n) is 5.40. The molecule has 1 N–H and O–H groups in total. The van der Waals surface area contributed by atoms with Gasteiger partial charge in [-0.3, -0.25) is 4.79 Å². The topological polar surface area (TPSA) is 46.9 Å². The van der Waals surface area contributed by atoms with Gasteiger partial charge in [0.1, 0.15) is 5.02 Å². The first-order chi connectivity index (χ1) is 10.4. The van der Waals surface area contributed by atoms with Crippen LogP contribution in [0.25, 0.3) is 0 Å². The van der Waals surface area contributed by atoms with E-state index in [2.05, 4.69) is 48.5 Å². The summed E-state index contributed by atoms with van der Waals surface area (Å²) in [7, 11) is 1.58. The summed E-state index contributed by atoms with van der Waals surface area (Å²) in [6.07, 6.45) is 1.57. The van der Waals surface area contributed by atoms with Crippen molar-refractivity contribution in [2.75, 3.05) is 5.32 Å². The molecular formula is C16H20ClN3OS. The lowest BCUT2D eigenvalue weighted by molar-refractivity contribution is 0.706. The van der Waals surface area contributed by atoms with Crippen molar-refractivity contribution in [2.24, 2.45) is 7.05 Å². The molecule has 0 radical (unpaired) electrons. The first kappa shape index (κ1) is 16.9. The largest absolute Gasteiger partial charge is 0.376 e. The molecule has 1 atom stereocenters. The fourth-order valence-electron chi connectivity index (χ4n) is 2.04.